The Morgan fingerprint density at radius 1 is 1.00 bits per heavy atom. The maximum Gasteiger partial charge on any atom is 0.303 e. The van der Waals surface area contributed by atoms with Crippen LogP contribution in [0.25, 0.3) is 0 Å². The van der Waals surface area contributed by atoms with Gasteiger partial charge in [0.2, 0.25) is 0 Å². The van der Waals surface area contributed by atoms with Crippen molar-refractivity contribution < 1.29 is 15.0 Å². The molecule has 178 valence electrons. The van der Waals surface area contributed by atoms with Gasteiger partial charge in [-0.05, 0) is 137 Å². The molecule has 0 heterocycles. The quantitative estimate of drug-likeness (QED) is 0.479. The van der Waals surface area contributed by atoms with E-state index in [1.54, 1.807) is 0 Å². The summed E-state index contributed by atoms with van der Waals surface area (Å²) in [4.78, 5) is 11.3. The number of hydrogen-bond acceptors (Lipinski definition) is 2. The van der Waals surface area contributed by atoms with Gasteiger partial charge in [0.15, 0.2) is 0 Å². The first-order chi connectivity index (χ1) is 14.4. The molecular weight excluding hydrogens is 384 g/mol. The van der Waals surface area contributed by atoms with Gasteiger partial charge >= 0.3 is 5.97 Å². The molecule has 4 saturated carbocycles. The van der Waals surface area contributed by atoms with E-state index in [1.807, 2.05) is 13.8 Å². The van der Waals surface area contributed by atoms with Crippen molar-refractivity contribution in [3.05, 3.63) is 0 Å². The lowest BCUT2D eigenvalue weighted by atomic mass is 9.44. The van der Waals surface area contributed by atoms with Crippen LogP contribution in [0.3, 0.4) is 0 Å². The number of aliphatic hydroxyl groups is 1. The van der Waals surface area contributed by atoms with Crippen molar-refractivity contribution >= 4 is 5.97 Å². The minimum absolute atomic E-state index is 0.381. The molecule has 0 aromatic rings. The zero-order valence-corrected chi connectivity index (χ0v) is 20.8. The fourth-order valence-electron chi connectivity index (χ4n) is 9.54. The third-order valence-electron chi connectivity index (χ3n) is 11.2. The largest absolute Gasteiger partial charge is 0.481 e. The lowest BCUT2D eigenvalue weighted by Crippen LogP contribution is -2.53. The molecule has 0 aromatic heterocycles. The van der Waals surface area contributed by atoms with Gasteiger partial charge in [0.25, 0.3) is 0 Å². The van der Waals surface area contributed by atoms with Crippen LogP contribution in [-0.4, -0.2) is 21.8 Å². The van der Waals surface area contributed by atoms with Crippen molar-refractivity contribution in [2.24, 2.45) is 52.3 Å². The van der Waals surface area contributed by atoms with Crippen LogP contribution in [0.2, 0.25) is 0 Å². The molecule has 4 fully saturated rings. The third-order valence-corrected chi connectivity index (χ3v) is 11.2. The molecular formula is C28H48O3. The van der Waals surface area contributed by atoms with Crippen LogP contribution in [0.15, 0.2) is 0 Å². The van der Waals surface area contributed by atoms with Crippen LogP contribution < -0.4 is 0 Å². The highest BCUT2D eigenvalue weighted by molar-refractivity contribution is 5.67. The Kier molecular flexibility index (Phi) is 6.34. The molecule has 3 nitrogen and oxygen atoms in total. The zero-order chi connectivity index (χ0) is 22.6. The molecule has 9 atom stereocenters. The number of carbonyl (C=O) groups is 1. The molecule has 4 rings (SSSR count). The first kappa shape index (κ1) is 23.6. The van der Waals surface area contributed by atoms with Crippen LogP contribution in [0, 0.1) is 52.3 Å². The lowest BCUT2D eigenvalue weighted by molar-refractivity contribution is -0.142. The molecule has 0 spiro atoms. The van der Waals surface area contributed by atoms with E-state index in [0.717, 1.165) is 55.3 Å². The standard InChI is InChI=1S/C28H48O3/c1-18(10-13-26(2,3)31)22-8-9-23-21-7-6-20-16-19(17-25(29)30)11-14-27(20,4)24(21)12-15-28(22,23)5/h18-24,31H,6-17H2,1-5H3,(H,29,30)/t18-,19?,20-,21+,22-,23+,24+,27+,28-/m1/s1. The van der Waals surface area contributed by atoms with Gasteiger partial charge in [-0.3, -0.25) is 4.79 Å². The van der Waals surface area contributed by atoms with Gasteiger partial charge < -0.3 is 10.2 Å². The number of carboxylic acids is 1. The summed E-state index contributed by atoms with van der Waals surface area (Å²) in [6.07, 6.45) is 14.3. The summed E-state index contributed by atoms with van der Waals surface area (Å²) in [5.74, 6) is 4.71. The van der Waals surface area contributed by atoms with Crippen LogP contribution in [0.4, 0.5) is 0 Å². The lowest BCUT2D eigenvalue weighted by Gasteiger charge is -2.61. The highest BCUT2D eigenvalue weighted by atomic mass is 16.4. The van der Waals surface area contributed by atoms with Gasteiger partial charge in [0, 0.05) is 6.42 Å². The van der Waals surface area contributed by atoms with E-state index in [4.69, 9.17) is 0 Å². The molecule has 0 bridgehead atoms. The highest BCUT2D eigenvalue weighted by Crippen LogP contribution is 2.68. The first-order valence-electron chi connectivity index (χ1n) is 13.4. The molecule has 0 aromatic carbocycles. The maximum atomic E-state index is 11.3. The number of carboxylic acid groups (broad SMARTS) is 1. The molecule has 4 aliphatic carbocycles. The van der Waals surface area contributed by atoms with Crippen molar-refractivity contribution in [1.29, 1.82) is 0 Å². The summed E-state index contributed by atoms with van der Waals surface area (Å²) in [5.41, 5.74) is 0.394. The Morgan fingerprint density at radius 2 is 1.68 bits per heavy atom. The second kappa shape index (κ2) is 8.33. The Balaban J connectivity index is 1.46. The van der Waals surface area contributed by atoms with Gasteiger partial charge in [-0.25, -0.2) is 0 Å². The summed E-state index contributed by atoms with van der Waals surface area (Å²) in [6, 6.07) is 0. The van der Waals surface area contributed by atoms with Crippen molar-refractivity contribution in [3.8, 4) is 0 Å². The Morgan fingerprint density at radius 3 is 2.35 bits per heavy atom. The topological polar surface area (TPSA) is 57.5 Å². The number of rotatable bonds is 6. The molecule has 31 heavy (non-hydrogen) atoms. The third kappa shape index (κ3) is 4.34. The van der Waals surface area contributed by atoms with Crippen LogP contribution >= 0.6 is 0 Å². The molecule has 0 amide bonds. The Hall–Kier alpha value is -0.570. The van der Waals surface area contributed by atoms with Crippen molar-refractivity contribution in [3.63, 3.8) is 0 Å². The summed E-state index contributed by atoms with van der Waals surface area (Å²) in [5, 5.41) is 19.5. The predicted molar refractivity (Wildman–Crippen MR) is 126 cm³/mol. The van der Waals surface area contributed by atoms with E-state index in [1.165, 1.54) is 44.9 Å². The molecule has 3 heteroatoms. The van der Waals surface area contributed by atoms with Gasteiger partial charge in [-0.15, -0.1) is 0 Å². The molecule has 0 aliphatic heterocycles. The van der Waals surface area contributed by atoms with Gasteiger partial charge in [-0.1, -0.05) is 20.8 Å². The van der Waals surface area contributed by atoms with Crippen molar-refractivity contribution in [2.75, 3.05) is 0 Å². The minimum atomic E-state index is -0.605. The van der Waals surface area contributed by atoms with Gasteiger partial charge in [0.05, 0.1) is 5.60 Å². The first-order valence-corrected chi connectivity index (χ1v) is 13.4. The number of fused-ring (bicyclic) bond motifs is 5. The van der Waals surface area contributed by atoms with E-state index in [9.17, 15) is 15.0 Å². The Bertz CT molecular complexity index is 666. The smallest absolute Gasteiger partial charge is 0.303 e. The summed E-state index contributed by atoms with van der Waals surface area (Å²) >= 11 is 0. The fraction of sp³-hybridized carbons (Fsp3) is 0.964. The van der Waals surface area contributed by atoms with E-state index < -0.39 is 11.6 Å². The number of aliphatic carboxylic acids is 1. The van der Waals surface area contributed by atoms with E-state index in [2.05, 4.69) is 20.8 Å². The van der Waals surface area contributed by atoms with Gasteiger partial charge in [-0.2, -0.15) is 0 Å². The zero-order valence-electron chi connectivity index (χ0n) is 20.8. The molecule has 2 N–H and O–H groups in total. The SMILES string of the molecule is C[C@H](CCC(C)(C)O)[C@H]1CC[C@H]2[C@@H]3CC[C@@H]4CC(CC(=O)O)CC[C@]4(C)[C@H]3CC[C@]12C. The molecule has 0 saturated heterocycles. The average Bonchev–Trinajstić information content (AvgIpc) is 3.03. The highest BCUT2D eigenvalue weighted by Gasteiger charge is 2.60. The summed E-state index contributed by atoms with van der Waals surface area (Å²) in [7, 11) is 0. The van der Waals surface area contributed by atoms with E-state index in [0.29, 0.717) is 29.1 Å². The molecule has 0 radical (unpaired) electrons. The molecule has 4 aliphatic rings. The molecule has 1 unspecified atom stereocenters. The second-order valence-corrected chi connectivity index (χ2v) is 13.5. The van der Waals surface area contributed by atoms with Crippen molar-refractivity contribution in [1.82, 2.24) is 0 Å². The normalized spacial score (nSPS) is 46.0. The predicted octanol–water partition coefficient (Wildman–Crippen LogP) is 6.92. The minimum Gasteiger partial charge on any atom is -0.481 e. The second-order valence-electron chi connectivity index (χ2n) is 13.5. The summed E-state index contributed by atoms with van der Waals surface area (Å²) in [6.45, 7) is 11.6. The van der Waals surface area contributed by atoms with Crippen molar-refractivity contribution in [2.45, 2.75) is 117 Å². The monoisotopic (exact) mass is 432 g/mol. The van der Waals surface area contributed by atoms with Gasteiger partial charge in [0.1, 0.15) is 0 Å². The Labute approximate surface area is 190 Å². The maximum absolute atomic E-state index is 11.3. The van der Waals surface area contributed by atoms with Crippen LogP contribution in [0.5, 0.6) is 0 Å². The number of hydrogen-bond donors (Lipinski definition) is 2. The average molecular weight is 433 g/mol. The fourth-order valence-corrected chi connectivity index (χ4v) is 9.54. The van der Waals surface area contributed by atoms with Crippen LogP contribution in [-0.2, 0) is 4.79 Å². The van der Waals surface area contributed by atoms with E-state index in [-0.39, 0.29) is 0 Å². The summed E-state index contributed by atoms with van der Waals surface area (Å²) < 4.78 is 0. The van der Waals surface area contributed by atoms with Crippen LogP contribution in [0.1, 0.15) is 112 Å². The van der Waals surface area contributed by atoms with E-state index >= 15 is 0 Å².